The maximum absolute atomic E-state index is 11.6. The Morgan fingerprint density at radius 1 is 1.37 bits per heavy atom. The standard InChI is InChI=1S/C15H12O4/c1-2-18-15(17)5-3-4-11-6-7-14-12(10-11)13(16)8-9-19-14/h6-10H,2,5H2,1H3. The van der Waals surface area contributed by atoms with E-state index in [2.05, 4.69) is 11.8 Å². The number of hydrogen-bond donors (Lipinski definition) is 0. The molecule has 0 atom stereocenters. The molecule has 2 rings (SSSR count). The van der Waals surface area contributed by atoms with Gasteiger partial charge in [0.1, 0.15) is 12.0 Å². The third kappa shape index (κ3) is 3.23. The molecule has 19 heavy (non-hydrogen) atoms. The van der Waals surface area contributed by atoms with Crippen molar-refractivity contribution in [2.75, 3.05) is 6.61 Å². The number of carbonyl (C=O) groups is 1. The summed E-state index contributed by atoms with van der Waals surface area (Å²) in [5.74, 6) is 5.18. The molecule has 4 heteroatoms. The normalized spacial score (nSPS) is 9.74. The van der Waals surface area contributed by atoms with Crippen molar-refractivity contribution in [3.05, 3.63) is 46.3 Å². The van der Waals surface area contributed by atoms with Crippen LogP contribution in [0.1, 0.15) is 18.9 Å². The minimum atomic E-state index is -0.352. The van der Waals surface area contributed by atoms with Gasteiger partial charge < -0.3 is 9.15 Å². The highest BCUT2D eigenvalue weighted by Gasteiger charge is 2.00. The van der Waals surface area contributed by atoms with Crippen molar-refractivity contribution in [3.63, 3.8) is 0 Å². The van der Waals surface area contributed by atoms with Gasteiger partial charge in [-0.05, 0) is 25.1 Å². The van der Waals surface area contributed by atoms with Gasteiger partial charge in [-0.25, -0.2) is 0 Å². The molecule has 2 aromatic rings. The fraction of sp³-hybridized carbons (Fsp3) is 0.200. The fourth-order valence-electron chi connectivity index (χ4n) is 1.59. The summed E-state index contributed by atoms with van der Waals surface area (Å²) in [4.78, 5) is 22.7. The second kappa shape index (κ2) is 5.87. The Morgan fingerprint density at radius 2 is 2.21 bits per heavy atom. The summed E-state index contributed by atoms with van der Waals surface area (Å²) in [5, 5.41) is 0.477. The average Bonchev–Trinajstić information content (AvgIpc) is 2.40. The zero-order chi connectivity index (χ0) is 13.7. The van der Waals surface area contributed by atoms with E-state index in [1.807, 2.05) is 0 Å². The Morgan fingerprint density at radius 3 is 3.00 bits per heavy atom. The van der Waals surface area contributed by atoms with Crippen molar-refractivity contribution < 1.29 is 13.9 Å². The highest BCUT2D eigenvalue weighted by Crippen LogP contribution is 2.11. The van der Waals surface area contributed by atoms with Gasteiger partial charge in [0.05, 0.1) is 18.3 Å². The number of ether oxygens (including phenoxy) is 1. The number of esters is 1. The number of rotatable bonds is 2. The maximum atomic E-state index is 11.6. The molecular formula is C15H12O4. The molecule has 0 saturated heterocycles. The van der Waals surface area contributed by atoms with Crippen LogP contribution >= 0.6 is 0 Å². The van der Waals surface area contributed by atoms with Crippen LogP contribution in [0.2, 0.25) is 0 Å². The molecule has 0 N–H and O–H groups in total. The van der Waals surface area contributed by atoms with Crippen molar-refractivity contribution in [2.24, 2.45) is 0 Å². The van der Waals surface area contributed by atoms with Crippen LogP contribution < -0.4 is 5.43 Å². The third-order valence-electron chi connectivity index (χ3n) is 2.43. The smallest absolute Gasteiger partial charge is 0.317 e. The van der Waals surface area contributed by atoms with Crippen molar-refractivity contribution in [1.82, 2.24) is 0 Å². The van der Waals surface area contributed by atoms with Crippen LogP contribution in [0, 0.1) is 11.8 Å². The monoisotopic (exact) mass is 256 g/mol. The van der Waals surface area contributed by atoms with E-state index in [0.29, 0.717) is 23.1 Å². The lowest BCUT2D eigenvalue weighted by Crippen LogP contribution is -2.01. The maximum Gasteiger partial charge on any atom is 0.317 e. The Bertz CT molecular complexity index is 716. The van der Waals surface area contributed by atoms with Crippen molar-refractivity contribution in [2.45, 2.75) is 13.3 Å². The van der Waals surface area contributed by atoms with E-state index in [0.717, 1.165) is 0 Å². The molecule has 1 aromatic heterocycles. The molecule has 0 saturated carbocycles. The summed E-state index contributed by atoms with van der Waals surface area (Å²) < 4.78 is 9.96. The Hall–Kier alpha value is -2.54. The predicted molar refractivity (Wildman–Crippen MR) is 70.6 cm³/mol. The lowest BCUT2D eigenvalue weighted by atomic mass is 10.1. The lowest BCUT2D eigenvalue weighted by molar-refractivity contribution is -0.141. The summed E-state index contributed by atoms with van der Waals surface area (Å²) in [5.41, 5.74) is 1.06. The summed E-state index contributed by atoms with van der Waals surface area (Å²) in [6, 6.07) is 6.44. The molecular weight excluding hydrogens is 244 g/mol. The first-order valence-electron chi connectivity index (χ1n) is 5.87. The van der Waals surface area contributed by atoms with Crippen LogP contribution in [0.5, 0.6) is 0 Å². The van der Waals surface area contributed by atoms with Gasteiger partial charge in [0.2, 0.25) is 0 Å². The second-order valence-electron chi connectivity index (χ2n) is 3.78. The van der Waals surface area contributed by atoms with E-state index in [-0.39, 0.29) is 17.8 Å². The average molecular weight is 256 g/mol. The van der Waals surface area contributed by atoms with Crippen LogP contribution in [-0.4, -0.2) is 12.6 Å². The molecule has 96 valence electrons. The molecule has 4 nitrogen and oxygen atoms in total. The molecule has 1 heterocycles. The van der Waals surface area contributed by atoms with Crippen LogP contribution in [0.15, 0.2) is 39.7 Å². The Kier molecular flexibility index (Phi) is 3.99. The number of benzene rings is 1. The van der Waals surface area contributed by atoms with Crippen molar-refractivity contribution in [1.29, 1.82) is 0 Å². The van der Waals surface area contributed by atoms with Gasteiger partial charge in [0, 0.05) is 11.6 Å². The van der Waals surface area contributed by atoms with Gasteiger partial charge in [-0.3, -0.25) is 9.59 Å². The molecule has 0 aliphatic rings. The zero-order valence-corrected chi connectivity index (χ0v) is 10.4. The van der Waals surface area contributed by atoms with E-state index in [1.54, 1.807) is 25.1 Å². The van der Waals surface area contributed by atoms with Gasteiger partial charge in [0.15, 0.2) is 5.43 Å². The topological polar surface area (TPSA) is 56.5 Å². The third-order valence-corrected chi connectivity index (χ3v) is 2.43. The number of carbonyl (C=O) groups excluding carboxylic acids is 1. The molecule has 0 spiro atoms. The molecule has 1 aromatic carbocycles. The van der Waals surface area contributed by atoms with Gasteiger partial charge >= 0.3 is 5.97 Å². The molecule has 0 unspecified atom stereocenters. The van der Waals surface area contributed by atoms with Gasteiger partial charge in [-0.15, -0.1) is 0 Å². The molecule has 0 aliphatic heterocycles. The molecule has 0 aliphatic carbocycles. The first-order valence-corrected chi connectivity index (χ1v) is 5.87. The van der Waals surface area contributed by atoms with Crippen LogP contribution in [-0.2, 0) is 9.53 Å². The quantitative estimate of drug-likeness (QED) is 0.610. The summed E-state index contributed by atoms with van der Waals surface area (Å²) >= 11 is 0. The van der Waals surface area contributed by atoms with Gasteiger partial charge in [0.25, 0.3) is 0 Å². The molecule has 0 bridgehead atoms. The SMILES string of the molecule is CCOC(=O)CC#Cc1ccc2occc(=O)c2c1. The van der Waals surface area contributed by atoms with Crippen molar-refractivity contribution in [3.8, 4) is 11.8 Å². The predicted octanol–water partition coefficient (Wildman–Crippen LogP) is 2.10. The lowest BCUT2D eigenvalue weighted by Gasteiger charge is -1.96. The Labute approximate surface area is 110 Å². The number of fused-ring (bicyclic) bond motifs is 1. The molecule has 0 amide bonds. The number of hydrogen-bond acceptors (Lipinski definition) is 4. The first-order chi connectivity index (χ1) is 9.20. The first kappa shape index (κ1) is 12.9. The molecule has 0 radical (unpaired) electrons. The molecule has 0 fully saturated rings. The largest absolute Gasteiger partial charge is 0.465 e. The fourth-order valence-corrected chi connectivity index (χ4v) is 1.59. The van der Waals surface area contributed by atoms with Crippen LogP contribution in [0.4, 0.5) is 0 Å². The van der Waals surface area contributed by atoms with E-state index >= 15 is 0 Å². The van der Waals surface area contributed by atoms with Crippen molar-refractivity contribution >= 4 is 16.9 Å². The van der Waals surface area contributed by atoms with Gasteiger partial charge in [-0.2, -0.15) is 0 Å². The van der Waals surface area contributed by atoms with E-state index in [4.69, 9.17) is 9.15 Å². The highest BCUT2D eigenvalue weighted by molar-refractivity contribution is 5.78. The minimum absolute atomic E-state index is 0.0370. The Balaban J connectivity index is 2.23. The van der Waals surface area contributed by atoms with E-state index in [1.165, 1.54) is 12.3 Å². The van der Waals surface area contributed by atoms with Crippen LogP contribution in [0.25, 0.3) is 11.0 Å². The van der Waals surface area contributed by atoms with E-state index in [9.17, 15) is 9.59 Å². The summed E-state index contributed by atoms with van der Waals surface area (Å²) in [6.07, 6.45) is 1.39. The zero-order valence-electron chi connectivity index (χ0n) is 10.4. The highest BCUT2D eigenvalue weighted by atomic mass is 16.5. The minimum Gasteiger partial charge on any atom is -0.465 e. The summed E-state index contributed by atoms with van der Waals surface area (Å²) in [7, 11) is 0. The van der Waals surface area contributed by atoms with Crippen LogP contribution in [0.3, 0.4) is 0 Å². The second-order valence-corrected chi connectivity index (χ2v) is 3.78. The van der Waals surface area contributed by atoms with E-state index < -0.39 is 0 Å². The van der Waals surface area contributed by atoms with Gasteiger partial charge in [-0.1, -0.05) is 11.8 Å². The summed E-state index contributed by atoms with van der Waals surface area (Å²) in [6.45, 7) is 2.09.